The van der Waals surface area contributed by atoms with E-state index >= 15 is 0 Å². The monoisotopic (exact) mass is 386 g/mol. The van der Waals surface area contributed by atoms with Gasteiger partial charge in [0.15, 0.2) is 0 Å². The lowest BCUT2D eigenvalue weighted by Crippen LogP contribution is -2.45. The van der Waals surface area contributed by atoms with Crippen LogP contribution in [-0.2, 0) is 21.4 Å². The molecule has 1 heterocycles. The highest BCUT2D eigenvalue weighted by Crippen LogP contribution is 2.19. The van der Waals surface area contributed by atoms with Crippen LogP contribution in [0.2, 0.25) is 0 Å². The number of hydrogen-bond acceptors (Lipinski definition) is 4. The van der Waals surface area contributed by atoms with Crippen molar-refractivity contribution in [1.82, 2.24) is 19.6 Å². The number of nitrogens with zero attached hydrogens (tertiary/aromatic N) is 2. The first-order valence-electron chi connectivity index (χ1n) is 8.70. The van der Waals surface area contributed by atoms with Crippen molar-refractivity contribution in [1.29, 1.82) is 0 Å². The van der Waals surface area contributed by atoms with E-state index in [1.807, 2.05) is 35.0 Å². The molecule has 1 atom stereocenters. The zero-order valence-electron chi connectivity index (χ0n) is 15.0. The number of sulfonamides is 1. The Hall–Kier alpha value is -2.71. The second-order valence-electron chi connectivity index (χ2n) is 6.30. The number of carbonyl (C=O) groups excluding carboxylic acids is 1. The Bertz CT molecular complexity index is 1020. The Morgan fingerprint density at radius 2 is 1.96 bits per heavy atom. The fourth-order valence-electron chi connectivity index (χ4n) is 2.73. The summed E-state index contributed by atoms with van der Waals surface area (Å²) in [6.45, 7) is 2.72. The largest absolute Gasteiger partial charge is 0.355 e. The van der Waals surface area contributed by atoms with Crippen molar-refractivity contribution < 1.29 is 13.2 Å². The highest BCUT2D eigenvalue weighted by molar-refractivity contribution is 7.89. The van der Waals surface area contributed by atoms with Crippen LogP contribution in [0.15, 0.2) is 66.1 Å². The maximum Gasteiger partial charge on any atom is 0.241 e. The van der Waals surface area contributed by atoms with Crippen LogP contribution in [0.25, 0.3) is 10.8 Å². The predicted molar refractivity (Wildman–Crippen MR) is 104 cm³/mol. The van der Waals surface area contributed by atoms with Gasteiger partial charge in [0.25, 0.3) is 0 Å². The number of imidazole rings is 1. The van der Waals surface area contributed by atoms with Crippen molar-refractivity contribution in [2.45, 2.75) is 30.8 Å². The molecular formula is C19H22N4O3S. The molecular weight excluding hydrogens is 364 g/mol. The molecule has 0 aliphatic rings. The van der Waals surface area contributed by atoms with Crippen LogP contribution >= 0.6 is 0 Å². The summed E-state index contributed by atoms with van der Waals surface area (Å²) in [5.41, 5.74) is 0. The molecule has 3 aromatic rings. The predicted octanol–water partition coefficient (Wildman–Crippen LogP) is 1.91. The fraction of sp³-hybridized carbons (Fsp3) is 0.263. The van der Waals surface area contributed by atoms with Crippen LogP contribution in [0.1, 0.15) is 13.3 Å². The molecule has 1 amide bonds. The molecule has 0 aliphatic heterocycles. The van der Waals surface area contributed by atoms with Crippen molar-refractivity contribution in [3.05, 3.63) is 61.2 Å². The molecule has 0 saturated heterocycles. The SMILES string of the molecule is C[C@@H](NS(=O)(=O)c1ccc2ccccc2c1)C(=O)NCCCn1ccnc1. The number of hydrogen-bond donors (Lipinski definition) is 2. The van der Waals surface area contributed by atoms with Gasteiger partial charge in [-0.05, 0) is 36.2 Å². The van der Waals surface area contributed by atoms with Gasteiger partial charge in [0.1, 0.15) is 0 Å². The molecule has 8 heteroatoms. The van der Waals surface area contributed by atoms with Crippen molar-refractivity contribution >= 4 is 26.7 Å². The third-order valence-electron chi connectivity index (χ3n) is 4.21. The molecule has 2 aromatic carbocycles. The second kappa shape index (κ2) is 8.32. The lowest BCUT2D eigenvalue weighted by Gasteiger charge is -2.15. The van der Waals surface area contributed by atoms with Crippen molar-refractivity contribution in [3.8, 4) is 0 Å². The van der Waals surface area contributed by atoms with Crippen molar-refractivity contribution in [3.63, 3.8) is 0 Å². The Kier molecular flexibility index (Phi) is 5.88. The van der Waals surface area contributed by atoms with E-state index in [9.17, 15) is 13.2 Å². The lowest BCUT2D eigenvalue weighted by atomic mass is 10.1. The summed E-state index contributed by atoms with van der Waals surface area (Å²) in [6.07, 6.45) is 5.98. The van der Waals surface area contributed by atoms with E-state index in [1.54, 1.807) is 30.7 Å². The molecule has 142 valence electrons. The summed E-state index contributed by atoms with van der Waals surface area (Å²) in [5.74, 6) is -0.356. The summed E-state index contributed by atoms with van der Waals surface area (Å²) in [7, 11) is -3.79. The van der Waals surface area contributed by atoms with Gasteiger partial charge in [-0.3, -0.25) is 4.79 Å². The Morgan fingerprint density at radius 1 is 1.19 bits per heavy atom. The number of rotatable bonds is 8. The molecule has 1 aromatic heterocycles. The molecule has 0 spiro atoms. The topological polar surface area (TPSA) is 93.1 Å². The number of amides is 1. The van der Waals surface area contributed by atoms with Crippen LogP contribution in [0.4, 0.5) is 0 Å². The number of aromatic nitrogens is 2. The van der Waals surface area contributed by atoms with Gasteiger partial charge < -0.3 is 9.88 Å². The van der Waals surface area contributed by atoms with E-state index in [0.717, 1.165) is 23.7 Å². The molecule has 0 unspecified atom stereocenters. The van der Waals surface area contributed by atoms with E-state index in [-0.39, 0.29) is 10.8 Å². The van der Waals surface area contributed by atoms with Crippen LogP contribution in [0.3, 0.4) is 0 Å². The summed E-state index contributed by atoms with van der Waals surface area (Å²) >= 11 is 0. The number of fused-ring (bicyclic) bond motifs is 1. The second-order valence-corrected chi connectivity index (χ2v) is 8.01. The average Bonchev–Trinajstić information content (AvgIpc) is 3.17. The molecule has 0 fully saturated rings. The first-order chi connectivity index (χ1) is 13.0. The first kappa shape index (κ1) is 19.1. The number of nitrogens with one attached hydrogen (secondary N) is 2. The normalized spacial score (nSPS) is 12.8. The standard InChI is InChI=1S/C19H22N4O3S/c1-15(19(24)21-9-4-11-23-12-10-20-14-23)22-27(25,26)18-8-7-16-5-2-3-6-17(16)13-18/h2-3,5-8,10,12-15,22H,4,9,11H2,1H3,(H,21,24)/t15-/m1/s1. The minimum Gasteiger partial charge on any atom is -0.355 e. The minimum absolute atomic E-state index is 0.140. The van der Waals surface area contributed by atoms with Gasteiger partial charge in [-0.2, -0.15) is 4.72 Å². The summed E-state index contributed by atoms with van der Waals surface area (Å²) < 4.78 is 29.5. The van der Waals surface area contributed by atoms with Gasteiger partial charge in [-0.25, -0.2) is 13.4 Å². The lowest BCUT2D eigenvalue weighted by molar-refractivity contribution is -0.122. The van der Waals surface area contributed by atoms with Gasteiger partial charge in [0.05, 0.1) is 17.3 Å². The van der Waals surface area contributed by atoms with E-state index in [4.69, 9.17) is 0 Å². The molecule has 0 aliphatic carbocycles. The third-order valence-corrected chi connectivity index (χ3v) is 5.75. The first-order valence-corrected chi connectivity index (χ1v) is 10.2. The Labute approximate surface area is 158 Å². The summed E-state index contributed by atoms with van der Waals surface area (Å²) in [5, 5.41) is 4.54. The number of aryl methyl sites for hydroxylation is 1. The Morgan fingerprint density at radius 3 is 2.70 bits per heavy atom. The van der Waals surface area contributed by atoms with Gasteiger partial charge in [-0.15, -0.1) is 0 Å². The van der Waals surface area contributed by atoms with Crippen molar-refractivity contribution in [2.75, 3.05) is 6.54 Å². The average molecular weight is 386 g/mol. The summed E-state index contributed by atoms with van der Waals surface area (Å²) in [6, 6.07) is 11.6. The summed E-state index contributed by atoms with van der Waals surface area (Å²) in [4.78, 5) is 16.3. The van der Waals surface area contributed by atoms with E-state index in [0.29, 0.717) is 6.54 Å². The van der Waals surface area contributed by atoms with Crippen molar-refractivity contribution in [2.24, 2.45) is 0 Å². The molecule has 27 heavy (non-hydrogen) atoms. The molecule has 3 rings (SSSR count). The molecule has 0 saturated carbocycles. The smallest absolute Gasteiger partial charge is 0.241 e. The zero-order valence-corrected chi connectivity index (χ0v) is 15.8. The third kappa shape index (κ3) is 4.93. The van der Waals surface area contributed by atoms with Crippen LogP contribution in [0.5, 0.6) is 0 Å². The van der Waals surface area contributed by atoms with Gasteiger partial charge in [-0.1, -0.05) is 30.3 Å². The zero-order chi connectivity index (χ0) is 19.3. The number of carbonyl (C=O) groups is 1. The highest BCUT2D eigenvalue weighted by Gasteiger charge is 2.22. The number of benzene rings is 2. The van der Waals surface area contributed by atoms with Gasteiger partial charge in [0.2, 0.25) is 15.9 Å². The molecule has 7 nitrogen and oxygen atoms in total. The highest BCUT2D eigenvalue weighted by atomic mass is 32.2. The van der Waals surface area contributed by atoms with Gasteiger partial charge >= 0.3 is 0 Å². The quantitative estimate of drug-likeness (QED) is 0.579. The van der Waals surface area contributed by atoms with E-state index in [2.05, 4.69) is 15.0 Å². The minimum atomic E-state index is -3.79. The van der Waals surface area contributed by atoms with E-state index < -0.39 is 16.1 Å². The van der Waals surface area contributed by atoms with Crippen LogP contribution in [0, 0.1) is 0 Å². The maximum absolute atomic E-state index is 12.6. The Balaban J connectivity index is 1.56. The fourth-order valence-corrected chi connectivity index (χ4v) is 3.97. The van der Waals surface area contributed by atoms with Gasteiger partial charge in [0, 0.05) is 25.5 Å². The molecule has 0 radical (unpaired) electrons. The van der Waals surface area contributed by atoms with Crippen LogP contribution in [-0.4, -0.2) is 36.5 Å². The molecule has 2 N–H and O–H groups in total. The van der Waals surface area contributed by atoms with E-state index in [1.165, 1.54) is 6.92 Å². The maximum atomic E-state index is 12.6. The molecule has 0 bridgehead atoms. The van der Waals surface area contributed by atoms with Crippen LogP contribution < -0.4 is 10.0 Å².